The van der Waals surface area contributed by atoms with E-state index >= 15 is 0 Å². The number of ketones is 1. The minimum atomic E-state index is 0.162. The maximum Gasteiger partial charge on any atom is 0.165 e. The Balaban J connectivity index is 1.56. The number of carbonyl (C=O) groups excluding carboxylic acids is 1. The minimum absolute atomic E-state index is 0.162. The Morgan fingerprint density at radius 1 is 1.10 bits per heavy atom. The van der Waals surface area contributed by atoms with Crippen molar-refractivity contribution in [1.82, 2.24) is 5.32 Å². The van der Waals surface area contributed by atoms with Gasteiger partial charge in [-0.2, -0.15) is 0 Å². The second-order valence-corrected chi connectivity index (χ2v) is 5.56. The number of benzene rings is 2. The molecule has 2 aromatic carbocycles. The van der Waals surface area contributed by atoms with Gasteiger partial charge in [-0.3, -0.25) is 4.79 Å². The van der Waals surface area contributed by atoms with E-state index in [4.69, 9.17) is 4.74 Å². The first-order valence-electron chi connectivity index (χ1n) is 7.67. The summed E-state index contributed by atoms with van der Waals surface area (Å²) in [4.78, 5) is 12.2. The van der Waals surface area contributed by atoms with Gasteiger partial charge in [0.05, 0.1) is 12.7 Å². The van der Waals surface area contributed by atoms with Gasteiger partial charge >= 0.3 is 0 Å². The molecule has 3 heteroatoms. The van der Waals surface area contributed by atoms with Crippen LogP contribution in [-0.2, 0) is 4.74 Å². The average molecular weight is 283 g/mol. The number of piperidine rings is 1. The molecule has 0 radical (unpaired) electrons. The number of carbonyl (C=O) groups is 1. The van der Waals surface area contributed by atoms with Gasteiger partial charge in [0.1, 0.15) is 0 Å². The first-order chi connectivity index (χ1) is 10.3. The predicted molar refractivity (Wildman–Crippen MR) is 84.7 cm³/mol. The Morgan fingerprint density at radius 2 is 1.86 bits per heavy atom. The van der Waals surface area contributed by atoms with E-state index in [2.05, 4.69) is 11.4 Å². The molecule has 0 aliphatic carbocycles. The summed E-state index contributed by atoms with van der Waals surface area (Å²) in [6.45, 7) is 2.56. The molecule has 1 aliphatic rings. The molecule has 3 rings (SSSR count). The van der Waals surface area contributed by atoms with Crippen molar-refractivity contribution in [3.63, 3.8) is 0 Å². The lowest BCUT2D eigenvalue weighted by atomic mass is 10.0. The lowest BCUT2D eigenvalue weighted by Crippen LogP contribution is -2.32. The Bertz CT molecular complexity index is 617. The van der Waals surface area contributed by atoms with E-state index in [-0.39, 0.29) is 5.78 Å². The third kappa shape index (κ3) is 3.69. The summed E-state index contributed by atoms with van der Waals surface area (Å²) in [5.41, 5.74) is 0.780. The fraction of sp³-hybridized carbons (Fsp3) is 0.389. The van der Waals surface area contributed by atoms with Crippen molar-refractivity contribution in [2.24, 2.45) is 0 Å². The van der Waals surface area contributed by atoms with Crippen LogP contribution in [0.5, 0.6) is 0 Å². The molecule has 1 fully saturated rings. The van der Waals surface area contributed by atoms with Gasteiger partial charge in [0.2, 0.25) is 0 Å². The average Bonchev–Trinajstić information content (AvgIpc) is 2.55. The van der Waals surface area contributed by atoms with E-state index in [1.54, 1.807) is 0 Å². The Labute approximate surface area is 125 Å². The highest BCUT2D eigenvalue weighted by Gasteiger charge is 2.14. The number of ether oxygens (including phenoxy) is 1. The normalized spacial score (nSPS) is 16.2. The van der Waals surface area contributed by atoms with Crippen LogP contribution in [0.25, 0.3) is 10.8 Å². The molecule has 1 heterocycles. The van der Waals surface area contributed by atoms with Crippen LogP contribution in [0.2, 0.25) is 0 Å². The van der Waals surface area contributed by atoms with E-state index in [1.165, 1.54) is 5.39 Å². The Morgan fingerprint density at radius 3 is 2.67 bits per heavy atom. The second kappa shape index (κ2) is 6.83. The van der Waals surface area contributed by atoms with E-state index in [0.717, 1.165) is 36.9 Å². The molecule has 110 valence electrons. The molecule has 0 bridgehead atoms. The van der Waals surface area contributed by atoms with Gasteiger partial charge in [-0.1, -0.05) is 36.4 Å². The summed E-state index contributed by atoms with van der Waals surface area (Å²) in [5, 5.41) is 5.59. The lowest BCUT2D eigenvalue weighted by molar-refractivity contribution is 0.0313. The van der Waals surface area contributed by atoms with E-state index in [0.29, 0.717) is 19.1 Å². The van der Waals surface area contributed by atoms with Crippen LogP contribution in [0.4, 0.5) is 0 Å². The molecule has 1 N–H and O–H groups in total. The topological polar surface area (TPSA) is 38.3 Å². The number of hydrogen-bond donors (Lipinski definition) is 1. The number of hydrogen-bond acceptors (Lipinski definition) is 3. The number of fused-ring (bicyclic) bond motifs is 1. The van der Waals surface area contributed by atoms with E-state index in [9.17, 15) is 4.79 Å². The molecule has 0 amide bonds. The molecule has 1 aliphatic heterocycles. The van der Waals surface area contributed by atoms with Gasteiger partial charge < -0.3 is 10.1 Å². The summed E-state index contributed by atoms with van der Waals surface area (Å²) in [6.07, 6.45) is 2.87. The van der Waals surface area contributed by atoms with Crippen molar-refractivity contribution in [3.8, 4) is 0 Å². The first kappa shape index (κ1) is 14.2. The van der Waals surface area contributed by atoms with Crippen molar-refractivity contribution in [2.45, 2.75) is 25.4 Å². The van der Waals surface area contributed by atoms with Gasteiger partial charge in [-0.25, -0.2) is 0 Å². The highest BCUT2D eigenvalue weighted by Crippen LogP contribution is 2.17. The summed E-state index contributed by atoms with van der Waals surface area (Å²) in [7, 11) is 0. The van der Waals surface area contributed by atoms with Crippen LogP contribution < -0.4 is 5.32 Å². The number of rotatable bonds is 5. The van der Waals surface area contributed by atoms with E-state index in [1.807, 2.05) is 36.4 Å². The molecule has 0 saturated carbocycles. The molecule has 0 aromatic heterocycles. The zero-order chi connectivity index (χ0) is 14.5. The highest BCUT2D eigenvalue weighted by atomic mass is 16.5. The van der Waals surface area contributed by atoms with Crippen LogP contribution in [0.3, 0.4) is 0 Å². The molecule has 21 heavy (non-hydrogen) atoms. The Hall–Kier alpha value is -1.71. The first-order valence-corrected chi connectivity index (χ1v) is 7.67. The maximum absolute atomic E-state index is 12.2. The van der Waals surface area contributed by atoms with Crippen molar-refractivity contribution in [3.05, 3.63) is 48.0 Å². The third-order valence-corrected chi connectivity index (χ3v) is 4.04. The van der Waals surface area contributed by atoms with Crippen LogP contribution in [-0.4, -0.2) is 31.6 Å². The maximum atomic E-state index is 12.2. The standard InChI is InChI=1S/C18H21NO2/c20-18(9-12-21-17-7-10-19-11-8-17)16-6-5-14-3-1-2-4-15(14)13-16/h1-6,13,17,19H,7-12H2. The van der Waals surface area contributed by atoms with Crippen LogP contribution in [0, 0.1) is 0 Å². The van der Waals surface area contributed by atoms with Gasteiger partial charge in [0.25, 0.3) is 0 Å². The van der Waals surface area contributed by atoms with Gasteiger partial charge in [-0.05, 0) is 42.8 Å². The molecular formula is C18H21NO2. The van der Waals surface area contributed by atoms with Crippen LogP contribution in [0.15, 0.2) is 42.5 Å². The molecule has 0 atom stereocenters. The highest BCUT2D eigenvalue weighted by molar-refractivity contribution is 5.99. The van der Waals surface area contributed by atoms with Crippen molar-refractivity contribution < 1.29 is 9.53 Å². The lowest BCUT2D eigenvalue weighted by Gasteiger charge is -2.22. The fourth-order valence-corrected chi connectivity index (χ4v) is 2.79. The third-order valence-electron chi connectivity index (χ3n) is 4.04. The molecule has 2 aromatic rings. The molecule has 0 spiro atoms. The molecule has 1 saturated heterocycles. The van der Waals surface area contributed by atoms with Crippen molar-refractivity contribution in [2.75, 3.05) is 19.7 Å². The zero-order valence-corrected chi connectivity index (χ0v) is 12.2. The number of nitrogens with one attached hydrogen (secondary N) is 1. The van der Waals surface area contributed by atoms with Gasteiger partial charge in [0, 0.05) is 12.0 Å². The SMILES string of the molecule is O=C(CCOC1CCNCC1)c1ccc2ccccc2c1. The molecule has 3 nitrogen and oxygen atoms in total. The predicted octanol–water partition coefficient (Wildman–Crippen LogP) is 3.18. The summed E-state index contributed by atoms with van der Waals surface area (Å²) in [5.74, 6) is 0.162. The second-order valence-electron chi connectivity index (χ2n) is 5.56. The summed E-state index contributed by atoms with van der Waals surface area (Å²) >= 11 is 0. The monoisotopic (exact) mass is 283 g/mol. The Kier molecular flexibility index (Phi) is 4.63. The van der Waals surface area contributed by atoms with Gasteiger partial charge in [-0.15, -0.1) is 0 Å². The smallest absolute Gasteiger partial charge is 0.165 e. The zero-order valence-electron chi connectivity index (χ0n) is 12.2. The minimum Gasteiger partial charge on any atom is -0.378 e. The number of Topliss-reactive ketones (excluding diaryl/α,β-unsaturated/α-hetero) is 1. The summed E-state index contributed by atoms with van der Waals surface area (Å²) in [6, 6.07) is 14.0. The summed E-state index contributed by atoms with van der Waals surface area (Å²) < 4.78 is 5.80. The van der Waals surface area contributed by atoms with Crippen LogP contribution >= 0.6 is 0 Å². The van der Waals surface area contributed by atoms with Crippen LogP contribution in [0.1, 0.15) is 29.6 Å². The largest absolute Gasteiger partial charge is 0.378 e. The molecule has 0 unspecified atom stereocenters. The van der Waals surface area contributed by atoms with Crippen molar-refractivity contribution in [1.29, 1.82) is 0 Å². The fourth-order valence-electron chi connectivity index (χ4n) is 2.79. The van der Waals surface area contributed by atoms with E-state index < -0.39 is 0 Å². The molecular weight excluding hydrogens is 262 g/mol. The van der Waals surface area contributed by atoms with Crippen molar-refractivity contribution >= 4 is 16.6 Å². The quantitative estimate of drug-likeness (QED) is 0.857. The van der Waals surface area contributed by atoms with Gasteiger partial charge in [0.15, 0.2) is 5.78 Å².